The lowest BCUT2D eigenvalue weighted by molar-refractivity contribution is 0.0734. The fraction of sp³-hybridized carbons (Fsp3) is 0.500. The number of hydrogen-bond acceptors (Lipinski definition) is 4. The molecule has 1 aliphatic rings. The van der Waals surface area contributed by atoms with Gasteiger partial charge in [-0.1, -0.05) is 51.7 Å². The van der Waals surface area contributed by atoms with E-state index in [1.165, 1.54) is 51.4 Å². The van der Waals surface area contributed by atoms with Crippen molar-refractivity contribution in [2.75, 3.05) is 13.2 Å². The van der Waals surface area contributed by atoms with Crippen molar-refractivity contribution in [1.29, 1.82) is 0 Å². The molecule has 1 fully saturated rings. The maximum atomic E-state index is 12.4. The van der Waals surface area contributed by atoms with Crippen LogP contribution in [-0.2, 0) is 0 Å². The van der Waals surface area contributed by atoms with Crippen molar-refractivity contribution in [3.8, 4) is 17.2 Å². The van der Waals surface area contributed by atoms with Crippen molar-refractivity contribution < 1.29 is 19.0 Å². The maximum absolute atomic E-state index is 12.4. The summed E-state index contributed by atoms with van der Waals surface area (Å²) in [6, 6.07) is 14.2. The third-order valence-corrected chi connectivity index (χ3v) is 6.46. The summed E-state index contributed by atoms with van der Waals surface area (Å²) < 4.78 is 16.8. The van der Waals surface area contributed by atoms with Crippen LogP contribution in [0.2, 0.25) is 0 Å². The van der Waals surface area contributed by atoms with Crippen molar-refractivity contribution in [2.24, 2.45) is 11.8 Å². The quantitative estimate of drug-likeness (QED) is 0.130. The molecule has 34 heavy (non-hydrogen) atoms. The molecule has 0 radical (unpaired) electrons. The van der Waals surface area contributed by atoms with Gasteiger partial charge < -0.3 is 14.2 Å². The molecule has 4 heteroatoms. The zero-order valence-electron chi connectivity index (χ0n) is 20.8. The first-order valence-electron chi connectivity index (χ1n) is 13.0. The first-order valence-corrected chi connectivity index (χ1v) is 13.0. The van der Waals surface area contributed by atoms with E-state index in [2.05, 4.69) is 26.0 Å². The molecule has 0 amide bonds. The molecule has 184 valence electrons. The summed E-state index contributed by atoms with van der Waals surface area (Å²) in [6.45, 7) is 5.55. The highest BCUT2D eigenvalue weighted by molar-refractivity contribution is 5.91. The average Bonchev–Trinajstić information content (AvgIpc) is 2.87. The van der Waals surface area contributed by atoms with E-state index >= 15 is 0 Å². The predicted molar refractivity (Wildman–Crippen MR) is 138 cm³/mol. The van der Waals surface area contributed by atoms with Gasteiger partial charge in [-0.25, -0.2) is 4.79 Å². The van der Waals surface area contributed by atoms with Crippen LogP contribution in [0.25, 0.3) is 0 Å². The van der Waals surface area contributed by atoms with E-state index in [9.17, 15) is 4.79 Å². The summed E-state index contributed by atoms with van der Waals surface area (Å²) >= 11 is 0. The van der Waals surface area contributed by atoms with E-state index in [1.807, 2.05) is 12.1 Å². The topological polar surface area (TPSA) is 44.8 Å². The molecule has 0 atom stereocenters. The average molecular weight is 465 g/mol. The summed E-state index contributed by atoms with van der Waals surface area (Å²) in [5.41, 5.74) is 0.490. The largest absolute Gasteiger partial charge is 0.494 e. The zero-order valence-corrected chi connectivity index (χ0v) is 20.8. The van der Waals surface area contributed by atoms with Gasteiger partial charge in [-0.05, 0) is 92.5 Å². The molecule has 0 spiro atoms. The Balaban J connectivity index is 1.36. The Morgan fingerprint density at radius 1 is 0.824 bits per heavy atom. The summed E-state index contributed by atoms with van der Waals surface area (Å²) in [6.07, 6.45) is 16.3. The van der Waals surface area contributed by atoms with Crippen LogP contribution in [-0.4, -0.2) is 19.2 Å². The summed E-state index contributed by atoms with van der Waals surface area (Å²) in [5, 5.41) is 0. The fourth-order valence-electron chi connectivity index (χ4n) is 4.42. The minimum atomic E-state index is -0.390. The lowest BCUT2D eigenvalue weighted by Gasteiger charge is -2.26. The van der Waals surface area contributed by atoms with Gasteiger partial charge in [0, 0.05) is 0 Å². The van der Waals surface area contributed by atoms with Crippen LogP contribution in [0.15, 0.2) is 60.7 Å². The van der Waals surface area contributed by atoms with Crippen LogP contribution in [0.3, 0.4) is 0 Å². The molecule has 1 saturated carbocycles. The molecule has 2 aromatic carbocycles. The molecule has 0 unspecified atom stereocenters. The third kappa shape index (κ3) is 8.89. The molecule has 0 saturated heterocycles. The Labute approximate surface area is 205 Å². The predicted octanol–water partition coefficient (Wildman–Crippen LogP) is 8.02. The molecule has 0 heterocycles. The van der Waals surface area contributed by atoms with E-state index in [0.717, 1.165) is 23.8 Å². The Kier molecular flexibility index (Phi) is 11.0. The van der Waals surface area contributed by atoms with Crippen LogP contribution >= 0.6 is 0 Å². The molecule has 0 N–H and O–H groups in total. The zero-order chi connectivity index (χ0) is 24.0. The van der Waals surface area contributed by atoms with Crippen molar-refractivity contribution in [2.45, 2.75) is 71.6 Å². The van der Waals surface area contributed by atoms with Gasteiger partial charge in [-0.2, -0.15) is 0 Å². The van der Waals surface area contributed by atoms with Crippen molar-refractivity contribution in [3.05, 3.63) is 66.2 Å². The normalized spacial score (nSPS) is 18.1. The summed E-state index contributed by atoms with van der Waals surface area (Å²) in [4.78, 5) is 12.4. The first kappa shape index (κ1) is 25.9. The SMILES string of the molecule is CCCCCC1CCC(C=CCOc2ccc(OC(=O)c3ccc(OCCC)cc3)cc2)CC1. The smallest absolute Gasteiger partial charge is 0.343 e. The number of rotatable bonds is 13. The second-order valence-electron chi connectivity index (χ2n) is 9.25. The van der Waals surface area contributed by atoms with E-state index in [4.69, 9.17) is 14.2 Å². The number of ether oxygens (including phenoxy) is 3. The van der Waals surface area contributed by atoms with Crippen molar-refractivity contribution >= 4 is 5.97 Å². The lowest BCUT2D eigenvalue weighted by atomic mass is 9.79. The minimum absolute atomic E-state index is 0.390. The van der Waals surface area contributed by atoms with Gasteiger partial charge >= 0.3 is 5.97 Å². The monoisotopic (exact) mass is 464 g/mol. The van der Waals surface area contributed by atoms with E-state index in [-0.39, 0.29) is 0 Å². The summed E-state index contributed by atoms with van der Waals surface area (Å²) in [7, 11) is 0. The standard InChI is InChI=1S/C30H40O4/c1-3-5-6-8-24-10-12-25(13-11-24)9-7-23-33-28-18-20-29(21-19-28)34-30(31)26-14-16-27(17-15-26)32-22-4-2/h7,9,14-21,24-25H,3-6,8,10-13,22-23H2,1-2H3. The molecular formula is C30H40O4. The van der Waals surface area contributed by atoms with Crippen LogP contribution in [0.5, 0.6) is 17.2 Å². The number of allylic oxidation sites excluding steroid dienone is 1. The number of carbonyl (C=O) groups is 1. The fourth-order valence-corrected chi connectivity index (χ4v) is 4.42. The van der Waals surface area contributed by atoms with Crippen LogP contribution in [0, 0.1) is 11.8 Å². The highest BCUT2D eigenvalue weighted by atomic mass is 16.5. The molecular weight excluding hydrogens is 424 g/mol. The molecule has 3 rings (SSSR count). The number of hydrogen-bond donors (Lipinski definition) is 0. The Morgan fingerprint density at radius 2 is 1.47 bits per heavy atom. The molecule has 1 aliphatic carbocycles. The molecule has 0 aromatic heterocycles. The molecule has 0 bridgehead atoms. The van der Waals surface area contributed by atoms with Gasteiger partial charge in [0.25, 0.3) is 0 Å². The highest BCUT2D eigenvalue weighted by Crippen LogP contribution is 2.32. The van der Waals surface area contributed by atoms with Gasteiger partial charge in [-0.15, -0.1) is 0 Å². The first-order chi connectivity index (χ1) is 16.7. The molecule has 4 nitrogen and oxygen atoms in total. The number of unbranched alkanes of at least 4 members (excludes halogenated alkanes) is 2. The van der Waals surface area contributed by atoms with Gasteiger partial charge in [-0.3, -0.25) is 0 Å². The van der Waals surface area contributed by atoms with E-state index in [0.29, 0.717) is 30.4 Å². The Bertz CT molecular complexity index is 862. The second-order valence-corrected chi connectivity index (χ2v) is 9.25. The van der Waals surface area contributed by atoms with E-state index < -0.39 is 5.97 Å². The van der Waals surface area contributed by atoms with Gasteiger partial charge in [0.15, 0.2) is 0 Å². The van der Waals surface area contributed by atoms with E-state index in [1.54, 1.807) is 36.4 Å². The maximum Gasteiger partial charge on any atom is 0.343 e. The third-order valence-electron chi connectivity index (χ3n) is 6.46. The second kappa shape index (κ2) is 14.5. The van der Waals surface area contributed by atoms with Crippen LogP contribution in [0.1, 0.15) is 82.0 Å². The lowest BCUT2D eigenvalue weighted by Crippen LogP contribution is -2.13. The van der Waals surface area contributed by atoms with Crippen LogP contribution in [0.4, 0.5) is 0 Å². The Hall–Kier alpha value is -2.75. The Morgan fingerprint density at radius 3 is 2.15 bits per heavy atom. The van der Waals surface area contributed by atoms with Crippen LogP contribution < -0.4 is 14.2 Å². The highest BCUT2D eigenvalue weighted by Gasteiger charge is 2.18. The van der Waals surface area contributed by atoms with Crippen molar-refractivity contribution in [1.82, 2.24) is 0 Å². The van der Waals surface area contributed by atoms with Gasteiger partial charge in [0.2, 0.25) is 0 Å². The van der Waals surface area contributed by atoms with Crippen molar-refractivity contribution in [3.63, 3.8) is 0 Å². The number of carbonyl (C=O) groups excluding carboxylic acids is 1. The molecule has 0 aliphatic heterocycles. The molecule has 2 aromatic rings. The number of benzene rings is 2. The van der Waals surface area contributed by atoms with Gasteiger partial charge in [0.05, 0.1) is 12.2 Å². The summed E-state index contributed by atoms with van der Waals surface area (Å²) in [5.74, 6) is 3.26. The van der Waals surface area contributed by atoms with Gasteiger partial charge in [0.1, 0.15) is 23.9 Å². The number of esters is 1. The minimum Gasteiger partial charge on any atom is -0.494 e.